The minimum Gasteiger partial charge on any atom is -0.493 e. The van der Waals surface area contributed by atoms with Crippen LogP contribution < -0.4 is 24.8 Å². The summed E-state index contributed by atoms with van der Waals surface area (Å²) in [6.45, 7) is 4.43. The van der Waals surface area contributed by atoms with Crippen molar-refractivity contribution in [2.75, 3.05) is 6.61 Å². The van der Waals surface area contributed by atoms with E-state index in [4.69, 9.17) is 37.4 Å². The third-order valence-electron chi connectivity index (χ3n) is 9.11. The third kappa shape index (κ3) is 7.72. The molecule has 4 aliphatic rings. The SMILES string of the molecule is Cc1ccc(Oc2ccc3c(c2)CC[C@H]3C2SC(=O)NC2=O)c(Cl)c1.Cc1ccc(Oc2ccc3c(c2)OCC[C@H]3C2SC(=O)NC2=O)c(Cl)c1. The Balaban J connectivity index is 0.000000159. The number of amides is 4. The monoisotopic (exact) mass is 762 g/mol. The second-order valence-corrected chi connectivity index (χ2v) is 15.7. The molecule has 4 atom stereocenters. The second kappa shape index (κ2) is 14.8. The van der Waals surface area contributed by atoms with Crippen LogP contribution in [0.2, 0.25) is 10.0 Å². The maximum Gasteiger partial charge on any atom is 0.286 e. The molecule has 0 saturated carbocycles. The van der Waals surface area contributed by atoms with Crippen molar-refractivity contribution in [2.45, 2.75) is 55.4 Å². The molecule has 4 amide bonds. The lowest BCUT2D eigenvalue weighted by molar-refractivity contribution is -0.120. The molecule has 0 radical (unpaired) electrons. The van der Waals surface area contributed by atoms with Gasteiger partial charge in [0, 0.05) is 17.9 Å². The Morgan fingerprint density at radius 3 is 1.73 bits per heavy atom. The van der Waals surface area contributed by atoms with E-state index in [1.807, 2.05) is 80.6 Å². The molecule has 51 heavy (non-hydrogen) atoms. The molecule has 0 spiro atoms. The minimum absolute atomic E-state index is 0.0628. The normalized spacial score (nSPS) is 21.9. The molecule has 0 aromatic heterocycles. The first kappa shape index (κ1) is 35.3. The van der Waals surface area contributed by atoms with Crippen molar-refractivity contribution in [1.29, 1.82) is 0 Å². The fraction of sp³-hybridized carbons (Fsp3) is 0.263. The maximum atomic E-state index is 12.0. The first-order chi connectivity index (χ1) is 24.5. The van der Waals surface area contributed by atoms with Crippen LogP contribution in [0.1, 0.15) is 52.5 Å². The molecular formula is C38H32Cl2N2O7S2. The average molecular weight is 764 g/mol. The predicted molar refractivity (Wildman–Crippen MR) is 199 cm³/mol. The molecule has 2 unspecified atom stereocenters. The number of aryl methyl sites for hydroxylation is 3. The van der Waals surface area contributed by atoms with Crippen molar-refractivity contribution in [3.8, 4) is 28.7 Å². The molecule has 4 aromatic carbocycles. The number of hydrogen-bond donors (Lipinski definition) is 2. The highest BCUT2D eigenvalue weighted by atomic mass is 35.5. The van der Waals surface area contributed by atoms with Crippen molar-refractivity contribution in [3.05, 3.63) is 111 Å². The van der Waals surface area contributed by atoms with Crippen LogP contribution in [0, 0.1) is 13.8 Å². The van der Waals surface area contributed by atoms with E-state index in [1.54, 1.807) is 6.07 Å². The van der Waals surface area contributed by atoms with Crippen molar-refractivity contribution < 1.29 is 33.4 Å². The van der Waals surface area contributed by atoms with Gasteiger partial charge in [0.15, 0.2) is 0 Å². The van der Waals surface area contributed by atoms with E-state index in [0.29, 0.717) is 46.1 Å². The standard InChI is InChI=1S/C19H16ClNO4S.C19H16ClNO3S/c1-10-2-5-15(14(20)8-10)25-11-3-4-12-13(6-7-24-16(12)9-11)17-18(22)21-19(23)26-17;1-10-2-7-16(15(20)8-10)24-12-4-6-13-11(9-12)3-5-14(13)17-18(22)21-19(23)25-17/h2-5,8-9,13,17H,6-7H2,1H3,(H,21,22,23);2,4,6-9,14,17H,3,5H2,1H3,(H,21,22,23)/t13-,17?;14-,17?/m11/s1. The average Bonchev–Trinajstić information content (AvgIpc) is 3.77. The quantitative estimate of drug-likeness (QED) is 0.198. The van der Waals surface area contributed by atoms with Crippen LogP contribution in [0.15, 0.2) is 72.8 Å². The highest BCUT2D eigenvalue weighted by Crippen LogP contribution is 2.45. The Morgan fingerprint density at radius 1 is 0.667 bits per heavy atom. The van der Waals surface area contributed by atoms with Gasteiger partial charge in [-0.05, 0) is 103 Å². The van der Waals surface area contributed by atoms with Crippen LogP contribution in [0.25, 0.3) is 0 Å². The summed E-state index contributed by atoms with van der Waals surface area (Å²) in [5.74, 6) is 2.80. The molecule has 3 heterocycles. The number of thioether (sulfide) groups is 2. The van der Waals surface area contributed by atoms with Crippen molar-refractivity contribution in [1.82, 2.24) is 10.6 Å². The van der Waals surface area contributed by atoms with Crippen LogP contribution in [0.3, 0.4) is 0 Å². The Hall–Kier alpha value is -4.16. The Labute approximate surface area is 313 Å². The van der Waals surface area contributed by atoms with Gasteiger partial charge < -0.3 is 14.2 Å². The first-order valence-electron chi connectivity index (χ1n) is 16.3. The number of nitrogens with one attached hydrogen (secondary N) is 2. The van der Waals surface area contributed by atoms with E-state index in [1.165, 1.54) is 5.56 Å². The van der Waals surface area contributed by atoms with E-state index >= 15 is 0 Å². The lowest BCUT2D eigenvalue weighted by atomic mass is 9.89. The lowest BCUT2D eigenvalue weighted by Gasteiger charge is -2.28. The fourth-order valence-corrected chi connectivity index (χ4v) is 9.23. The number of carbonyl (C=O) groups is 4. The second-order valence-electron chi connectivity index (χ2n) is 12.7. The van der Waals surface area contributed by atoms with Gasteiger partial charge in [-0.1, -0.05) is 71.0 Å². The predicted octanol–water partition coefficient (Wildman–Crippen LogP) is 9.48. The van der Waals surface area contributed by atoms with Crippen LogP contribution in [-0.2, 0) is 16.0 Å². The fourth-order valence-electron chi connectivity index (χ4n) is 6.68. The van der Waals surface area contributed by atoms with Gasteiger partial charge in [-0.15, -0.1) is 0 Å². The van der Waals surface area contributed by atoms with Crippen molar-refractivity contribution >= 4 is 69.0 Å². The van der Waals surface area contributed by atoms with E-state index in [0.717, 1.165) is 64.4 Å². The summed E-state index contributed by atoms with van der Waals surface area (Å²) in [5.41, 5.74) is 5.35. The van der Waals surface area contributed by atoms with Gasteiger partial charge in [0.2, 0.25) is 11.8 Å². The van der Waals surface area contributed by atoms with Crippen LogP contribution in [0.5, 0.6) is 28.7 Å². The van der Waals surface area contributed by atoms with E-state index in [2.05, 4.69) is 10.6 Å². The number of halogens is 2. The molecule has 3 aliphatic heterocycles. The zero-order valence-corrected chi connectivity index (χ0v) is 30.6. The highest BCUT2D eigenvalue weighted by molar-refractivity contribution is 8.15. The van der Waals surface area contributed by atoms with Gasteiger partial charge in [-0.3, -0.25) is 29.8 Å². The van der Waals surface area contributed by atoms with Gasteiger partial charge in [-0.25, -0.2) is 0 Å². The van der Waals surface area contributed by atoms with Gasteiger partial charge in [0.05, 0.1) is 16.7 Å². The summed E-state index contributed by atoms with van der Waals surface area (Å²) < 4.78 is 17.6. The number of benzene rings is 4. The molecule has 4 aromatic rings. The summed E-state index contributed by atoms with van der Waals surface area (Å²) >= 11 is 14.6. The Morgan fingerprint density at radius 2 is 1.20 bits per heavy atom. The van der Waals surface area contributed by atoms with E-state index in [9.17, 15) is 19.2 Å². The summed E-state index contributed by atoms with van der Waals surface area (Å²) in [6, 6.07) is 22.7. The zero-order chi connectivity index (χ0) is 35.8. The molecule has 2 fully saturated rings. The molecule has 13 heteroatoms. The summed E-state index contributed by atoms with van der Waals surface area (Å²) in [4.78, 5) is 46.9. The van der Waals surface area contributed by atoms with Gasteiger partial charge in [0.25, 0.3) is 10.5 Å². The van der Waals surface area contributed by atoms with Crippen molar-refractivity contribution in [3.63, 3.8) is 0 Å². The molecule has 2 N–H and O–H groups in total. The topological polar surface area (TPSA) is 120 Å². The molecule has 2 saturated heterocycles. The van der Waals surface area contributed by atoms with E-state index < -0.39 is 5.25 Å². The maximum absolute atomic E-state index is 12.0. The summed E-state index contributed by atoms with van der Waals surface area (Å²) in [5, 5.41) is 4.57. The number of hydrogen-bond acceptors (Lipinski definition) is 9. The number of ether oxygens (including phenoxy) is 3. The Bertz CT molecular complexity index is 2080. The van der Waals surface area contributed by atoms with Gasteiger partial charge in [0.1, 0.15) is 39.2 Å². The number of carbonyl (C=O) groups excluding carboxylic acids is 4. The highest BCUT2D eigenvalue weighted by Gasteiger charge is 2.42. The molecule has 9 nitrogen and oxygen atoms in total. The zero-order valence-electron chi connectivity index (χ0n) is 27.5. The first-order valence-corrected chi connectivity index (χ1v) is 18.8. The summed E-state index contributed by atoms with van der Waals surface area (Å²) in [6.07, 6.45) is 2.43. The smallest absolute Gasteiger partial charge is 0.286 e. The Kier molecular flexibility index (Phi) is 10.2. The summed E-state index contributed by atoms with van der Waals surface area (Å²) in [7, 11) is 0. The van der Waals surface area contributed by atoms with E-state index in [-0.39, 0.29) is 39.4 Å². The number of rotatable bonds is 6. The van der Waals surface area contributed by atoms with Gasteiger partial charge in [-0.2, -0.15) is 0 Å². The van der Waals surface area contributed by atoms with Crippen LogP contribution in [0.4, 0.5) is 9.59 Å². The number of imide groups is 2. The van der Waals surface area contributed by atoms with Crippen LogP contribution in [-0.4, -0.2) is 39.4 Å². The van der Waals surface area contributed by atoms with Gasteiger partial charge >= 0.3 is 0 Å². The molecule has 1 aliphatic carbocycles. The van der Waals surface area contributed by atoms with Crippen LogP contribution >= 0.6 is 46.7 Å². The molecular weight excluding hydrogens is 731 g/mol. The molecule has 8 rings (SSSR count). The van der Waals surface area contributed by atoms with Crippen molar-refractivity contribution in [2.24, 2.45) is 0 Å². The lowest BCUT2D eigenvalue weighted by Crippen LogP contribution is -2.31. The molecule has 0 bridgehead atoms. The number of fused-ring (bicyclic) bond motifs is 2. The molecule has 262 valence electrons. The minimum atomic E-state index is -0.413. The largest absolute Gasteiger partial charge is 0.493 e. The third-order valence-corrected chi connectivity index (χ3v) is 11.9.